The van der Waals surface area contributed by atoms with Gasteiger partial charge in [-0.3, -0.25) is 38.3 Å². The summed E-state index contributed by atoms with van der Waals surface area (Å²) in [7, 11) is 0. The van der Waals surface area contributed by atoms with Gasteiger partial charge in [-0.2, -0.15) is 0 Å². The molecule has 0 amide bonds. The minimum atomic E-state index is -0.753. The fourth-order valence-electron chi connectivity index (χ4n) is 2.26. The van der Waals surface area contributed by atoms with Gasteiger partial charge in [-0.25, -0.2) is 9.59 Å². The first-order chi connectivity index (χ1) is 11.7. The summed E-state index contributed by atoms with van der Waals surface area (Å²) in [6.45, 7) is 2.67. The molecule has 0 atom stereocenters. The van der Waals surface area contributed by atoms with E-state index in [-0.39, 0.29) is 30.6 Å². The molecule has 2 N–H and O–H groups in total. The molecule has 0 bridgehead atoms. The van der Waals surface area contributed by atoms with Crippen molar-refractivity contribution in [1.82, 2.24) is 19.1 Å². The molecule has 10 heteroatoms. The van der Waals surface area contributed by atoms with Gasteiger partial charge in [0.25, 0.3) is 11.1 Å². The number of aromatic nitrogens is 4. The molecule has 0 unspecified atom stereocenters. The lowest BCUT2D eigenvalue weighted by molar-refractivity contribution is 0.100. The third-order valence-corrected chi connectivity index (χ3v) is 3.58. The number of carbonyl (C=O) groups excluding carboxylic acids is 2. The Balaban J connectivity index is 2.22. The minimum Gasteiger partial charge on any atom is -0.300 e. The van der Waals surface area contributed by atoms with Crippen molar-refractivity contribution in [3.63, 3.8) is 0 Å². The first kappa shape index (κ1) is 18.0. The number of H-pyrrole nitrogens is 2. The maximum Gasteiger partial charge on any atom is 0.328 e. The van der Waals surface area contributed by atoms with Crippen molar-refractivity contribution < 1.29 is 9.59 Å². The quantitative estimate of drug-likeness (QED) is 0.633. The number of Topliss-reactive ketones (excluding diaryl/α,β-unsaturated/α-hetero) is 2. The van der Waals surface area contributed by atoms with Crippen LogP contribution in [0.5, 0.6) is 0 Å². The van der Waals surface area contributed by atoms with E-state index in [0.717, 1.165) is 9.13 Å². The van der Waals surface area contributed by atoms with Crippen LogP contribution in [0.3, 0.4) is 0 Å². The molecule has 0 aliphatic rings. The number of carbonyl (C=O) groups is 2. The van der Waals surface area contributed by atoms with Gasteiger partial charge in [0.15, 0.2) is 11.6 Å². The Morgan fingerprint density at radius 3 is 1.48 bits per heavy atom. The van der Waals surface area contributed by atoms with Crippen molar-refractivity contribution in [2.75, 3.05) is 0 Å². The van der Waals surface area contributed by atoms with Gasteiger partial charge in [0.05, 0.1) is 11.1 Å². The van der Waals surface area contributed by atoms with E-state index in [0.29, 0.717) is 0 Å². The molecule has 0 aliphatic heterocycles. The molecule has 2 aromatic rings. The van der Waals surface area contributed by atoms with Crippen molar-refractivity contribution in [3.05, 3.63) is 65.2 Å². The molecular formula is C15H16N4O6. The van der Waals surface area contributed by atoms with Gasteiger partial charge in [0.2, 0.25) is 0 Å². The summed E-state index contributed by atoms with van der Waals surface area (Å²) in [4.78, 5) is 73.3. The van der Waals surface area contributed by atoms with Crippen molar-refractivity contribution in [3.8, 4) is 0 Å². The van der Waals surface area contributed by atoms with Crippen molar-refractivity contribution in [1.29, 1.82) is 0 Å². The van der Waals surface area contributed by atoms with Crippen LogP contribution in [0.15, 0.2) is 31.6 Å². The first-order valence-corrected chi connectivity index (χ1v) is 7.40. The summed E-state index contributed by atoms with van der Waals surface area (Å²) in [5, 5.41) is 0. The van der Waals surface area contributed by atoms with Gasteiger partial charge >= 0.3 is 11.4 Å². The van der Waals surface area contributed by atoms with E-state index >= 15 is 0 Å². The Kier molecular flexibility index (Phi) is 5.11. The zero-order valence-corrected chi connectivity index (χ0v) is 13.6. The molecular weight excluding hydrogens is 332 g/mol. The van der Waals surface area contributed by atoms with Gasteiger partial charge in [0, 0.05) is 25.5 Å². The summed E-state index contributed by atoms with van der Waals surface area (Å²) < 4.78 is 2.31. The Labute approximate surface area is 139 Å². The predicted octanol–water partition coefficient (Wildman–Crippen LogP) is -1.12. The molecule has 2 aromatic heterocycles. The lowest BCUT2D eigenvalue weighted by Gasteiger charge is -2.08. The van der Waals surface area contributed by atoms with E-state index < -0.39 is 34.1 Å². The van der Waals surface area contributed by atoms with Crippen LogP contribution in [-0.4, -0.2) is 30.7 Å². The smallest absolute Gasteiger partial charge is 0.300 e. The maximum atomic E-state index is 11.7. The average Bonchev–Trinajstić information content (AvgIpc) is 2.50. The number of rotatable bonds is 6. The molecule has 0 radical (unpaired) electrons. The number of nitrogens with zero attached hydrogens (tertiary/aromatic N) is 2. The van der Waals surface area contributed by atoms with Crippen LogP contribution >= 0.6 is 0 Å². The second-order valence-corrected chi connectivity index (χ2v) is 5.46. The van der Waals surface area contributed by atoms with Crippen LogP contribution in [0.4, 0.5) is 0 Å². The fraction of sp³-hybridized carbons (Fsp3) is 0.333. The molecule has 0 saturated heterocycles. The van der Waals surface area contributed by atoms with Crippen LogP contribution < -0.4 is 22.5 Å². The molecule has 0 aromatic carbocycles. The summed E-state index contributed by atoms with van der Waals surface area (Å²) in [6.07, 6.45) is 2.62. The number of hydrogen-bond acceptors (Lipinski definition) is 6. The zero-order chi connectivity index (χ0) is 18.7. The van der Waals surface area contributed by atoms with Gasteiger partial charge in [0.1, 0.15) is 0 Å². The van der Waals surface area contributed by atoms with Gasteiger partial charge in [-0.1, -0.05) is 0 Å². The molecule has 132 valence electrons. The zero-order valence-electron chi connectivity index (χ0n) is 13.6. The van der Waals surface area contributed by atoms with Crippen LogP contribution in [0, 0.1) is 0 Å². The number of nitrogens with one attached hydrogen (secondary N) is 2. The van der Waals surface area contributed by atoms with Gasteiger partial charge in [-0.15, -0.1) is 0 Å². The van der Waals surface area contributed by atoms with E-state index in [1.54, 1.807) is 0 Å². The monoisotopic (exact) mass is 348 g/mol. The average molecular weight is 348 g/mol. The number of aryl methyl sites for hydroxylation is 2. The lowest BCUT2D eigenvalue weighted by Crippen LogP contribution is -2.34. The highest BCUT2D eigenvalue weighted by Crippen LogP contribution is 1.96. The van der Waals surface area contributed by atoms with E-state index in [4.69, 9.17) is 0 Å². The van der Waals surface area contributed by atoms with Crippen LogP contribution in [0.25, 0.3) is 0 Å². The largest absolute Gasteiger partial charge is 0.328 e. The predicted molar refractivity (Wildman–Crippen MR) is 87.3 cm³/mol. The van der Waals surface area contributed by atoms with Crippen molar-refractivity contribution >= 4 is 11.6 Å². The lowest BCUT2D eigenvalue weighted by atomic mass is 10.2. The topological polar surface area (TPSA) is 144 Å². The van der Waals surface area contributed by atoms with Crippen LogP contribution in [0.1, 0.15) is 41.0 Å². The third kappa shape index (κ3) is 3.97. The molecule has 10 nitrogen and oxygen atoms in total. The number of aromatic amines is 2. The summed E-state index contributed by atoms with van der Waals surface area (Å²) in [5.41, 5.74) is -3.13. The normalized spacial score (nSPS) is 10.6. The standard InChI is InChI=1S/C15H16N4O6/c1-8(20)10-6-18(14(24)16-12(10)22)4-3-5-19-7-11(9(2)21)13(23)17-15(19)25/h6-7H,3-5H2,1-2H3,(H,16,22,24)(H,17,23,25). The molecule has 2 rings (SSSR count). The highest BCUT2D eigenvalue weighted by Gasteiger charge is 2.10. The van der Waals surface area contributed by atoms with Crippen LogP contribution in [-0.2, 0) is 13.1 Å². The molecule has 0 spiro atoms. The Bertz CT molecular complexity index is 983. The van der Waals surface area contributed by atoms with E-state index in [1.165, 1.54) is 26.2 Å². The van der Waals surface area contributed by atoms with E-state index in [2.05, 4.69) is 9.97 Å². The second-order valence-electron chi connectivity index (χ2n) is 5.46. The Morgan fingerprint density at radius 2 is 1.16 bits per heavy atom. The molecule has 0 aliphatic carbocycles. The number of ketones is 2. The number of hydrogen-bond donors (Lipinski definition) is 2. The third-order valence-electron chi connectivity index (χ3n) is 3.58. The molecule has 0 fully saturated rings. The summed E-state index contributed by atoms with van der Waals surface area (Å²) >= 11 is 0. The SMILES string of the molecule is CC(=O)c1cn(CCCn2cc(C(C)=O)c(=O)[nH]c2=O)c(=O)[nH]c1=O. The summed E-state index contributed by atoms with van der Waals surface area (Å²) in [5.74, 6) is -0.948. The Morgan fingerprint density at radius 1 is 0.800 bits per heavy atom. The van der Waals surface area contributed by atoms with Gasteiger partial charge < -0.3 is 0 Å². The highest BCUT2D eigenvalue weighted by molar-refractivity contribution is 5.93. The highest BCUT2D eigenvalue weighted by atomic mass is 16.2. The van der Waals surface area contributed by atoms with Crippen molar-refractivity contribution in [2.45, 2.75) is 33.4 Å². The fourth-order valence-corrected chi connectivity index (χ4v) is 2.26. The van der Waals surface area contributed by atoms with Gasteiger partial charge in [-0.05, 0) is 20.3 Å². The molecule has 0 saturated carbocycles. The maximum absolute atomic E-state index is 11.7. The van der Waals surface area contributed by atoms with Crippen molar-refractivity contribution in [2.24, 2.45) is 0 Å². The second kappa shape index (κ2) is 7.07. The first-order valence-electron chi connectivity index (χ1n) is 7.40. The minimum absolute atomic E-state index is 0.122. The van der Waals surface area contributed by atoms with E-state index in [9.17, 15) is 28.8 Å². The molecule has 25 heavy (non-hydrogen) atoms. The Hall–Kier alpha value is -3.30. The van der Waals surface area contributed by atoms with Crippen LogP contribution in [0.2, 0.25) is 0 Å². The van der Waals surface area contributed by atoms with E-state index in [1.807, 2.05) is 0 Å². The molecule has 2 heterocycles. The summed E-state index contributed by atoms with van der Waals surface area (Å²) in [6, 6.07) is 0.